The first-order valence-corrected chi connectivity index (χ1v) is 3.84. The summed E-state index contributed by atoms with van der Waals surface area (Å²) in [5.41, 5.74) is 5.97. The van der Waals surface area contributed by atoms with E-state index in [0.717, 1.165) is 7.11 Å². The van der Waals surface area contributed by atoms with Crippen LogP contribution in [0.25, 0.3) is 0 Å². The first-order valence-electron chi connectivity index (χ1n) is 4.92. The fraction of sp³-hybridized carbons (Fsp3) is 0.300. The van der Waals surface area contributed by atoms with Crippen LogP contribution in [0, 0.1) is 0 Å². The molecular weight excluding hydrogens is 166 g/mol. The molecule has 0 unspecified atom stereocenters. The minimum absolute atomic E-state index is 0.514. The minimum Gasteiger partial charge on any atom is -0.468 e. The molecule has 1 aromatic rings. The fourth-order valence-electron chi connectivity index (χ4n) is 0.906. The standard InChI is InChI=1S/C10H13NO2/c1-13-10(12)9(11)7-8-5-3-2-4-6-8/h2-6,9H,7,11H2,1H3/t9-/m0/s1/i7D,9D/t7-,9+/m1. The monoisotopic (exact) mass is 181 g/mol. The molecule has 13 heavy (non-hydrogen) atoms. The van der Waals surface area contributed by atoms with Crippen LogP contribution < -0.4 is 5.73 Å². The van der Waals surface area contributed by atoms with E-state index < -0.39 is 18.4 Å². The van der Waals surface area contributed by atoms with Crippen LogP contribution in [0.5, 0.6) is 0 Å². The molecule has 70 valence electrons. The molecule has 0 spiro atoms. The van der Waals surface area contributed by atoms with Crippen molar-refractivity contribution in [2.45, 2.75) is 12.4 Å². The summed E-state index contributed by atoms with van der Waals surface area (Å²) in [5, 5.41) is 0. The summed E-state index contributed by atoms with van der Waals surface area (Å²) in [5.74, 6) is -0.911. The first kappa shape index (κ1) is 7.09. The van der Waals surface area contributed by atoms with Crippen molar-refractivity contribution in [3.63, 3.8) is 0 Å². The maximum absolute atomic E-state index is 11.2. The number of ether oxygens (including phenoxy) is 1. The molecule has 0 bridgehead atoms. The summed E-state index contributed by atoms with van der Waals surface area (Å²) in [4.78, 5) is 11.2. The SMILES string of the molecule is [2H][C@H](c1ccccc1)[C@]([2H])(N)C(=O)OC. The molecule has 0 aliphatic rings. The molecule has 0 aliphatic heterocycles. The molecule has 0 fully saturated rings. The Labute approximate surface area is 80.3 Å². The van der Waals surface area contributed by atoms with Crippen molar-refractivity contribution in [1.29, 1.82) is 0 Å². The number of benzene rings is 1. The highest BCUT2D eigenvalue weighted by Gasteiger charge is 2.13. The van der Waals surface area contributed by atoms with Crippen molar-refractivity contribution in [2.75, 3.05) is 7.11 Å². The Morgan fingerprint density at radius 2 is 2.31 bits per heavy atom. The van der Waals surface area contributed by atoms with Crippen molar-refractivity contribution < 1.29 is 12.3 Å². The average Bonchev–Trinajstić information content (AvgIpc) is 2.28. The molecule has 0 amide bonds. The second-order valence-electron chi connectivity index (χ2n) is 2.50. The van der Waals surface area contributed by atoms with Gasteiger partial charge in [-0.2, -0.15) is 0 Å². The lowest BCUT2D eigenvalue weighted by Crippen LogP contribution is -2.33. The molecule has 3 heteroatoms. The summed E-state index contributed by atoms with van der Waals surface area (Å²) < 4.78 is 19.7. The van der Waals surface area contributed by atoms with E-state index in [4.69, 9.17) is 8.48 Å². The van der Waals surface area contributed by atoms with Gasteiger partial charge < -0.3 is 10.5 Å². The minimum atomic E-state index is -2.07. The number of nitrogens with two attached hydrogens (primary N) is 1. The molecule has 1 aromatic carbocycles. The highest BCUT2D eigenvalue weighted by atomic mass is 16.5. The summed E-state index contributed by atoms with van der Waals surface area (Å²) in [6.45, 7) is 0. The molecule has 0 radical (unpaired) electrons. The van der Waals surface area contributed by atoms with Crippen LogP contribution in [-0.2, 0) is 15.9 Å². The van der Waals surface area contributed by atoms with E-state index in [1.807, 2.05) is 0 Å². The third kappa shape index (κ3) is 2.87. The van der Waals surface area contributed by atoms with Crippen LogP contribution in [0.15, 0.2) is 30.3 Å². The molecule has 0 heterocycles. The fourth-order valence-corrected chi connectivity index (χ4v) is 0.906. The van der Waals surface area contributed by atoms with Gasteiger partial charge >= 0.3 is 5.97 Å². The van der Waals surface area contributed by atoms with E-state index in [0.29, 0.717) is 5.56 Å². The van der Waals surface area contributed by atoms with E-state index >= 15 is 0 Å². The van der Waals surface area contributed by atoms with Crippen molar-refractivity contribution >= 4 is 5.97 Å². The lowest BCUT2D eigenvalue weighted by molar-refractivity contribution is -0.142. The van der Waals surface area contributed by atoms with E-state index in [1.54, 1.807) is 30.3 Å². The van der Waals surface area contributed by atoms with Gasteiger partial charge in [-0.05, 0) is 12.0 Å². The molecule has 2 atom stereocenters. The highest BCUT2D eigenvalue weighted by molar-refractivity contribution is 5.75. The van der Waals surface area contributed by atoms with Gasteiger partial charge in [0.25, 0.3) is 0 Å². The zero-order chi connectivity index (χ0) is 11.5. The Kier molecular flexibility index (Phi) is 2.52. The van der Waals surface area contributed by atoms with Gasteiger partial charge in [-0.25, -0.2) is 0 Å². The maximum atomic E-state index is 11.2. The van der Waals surface area contributed by atoms with E-state index in [-0.39, 0.29) is 0 Å². The van der Waals surface area contributed by atoms with Crippen LogP contribution in [0.2, 0.25) is 0 Å². The van der Waals surface area contributed by atoms with Crippen molar-refractivity contribution in [3.8, 4) is 0 Å². The van der Waals surface area contributed by atoms with Gasteiger partial charge in [-0.3, -0.25) is 4.79 Å². The van der Waals surface area contributed by atoms with Crippen molar-refractivity contribution in [3.05, 3.63) is 35.9 Å². The third-order valence-corrected chi connectivity index (χ3v) is 1.54. The second-order valence-corrected chi connectivity index (χ2v) is 2.50. The van der Waals surface area contributed by atoms with Crippen LogP contribution in [0.1, 0.15) is 8.30 Å². The molecule has 0 saturated carbocycles. The van der Waals surface area contributed by atoms with Gasteiger partial charge in [0.05, 0.1) is 8.48 Å². The zero-order valence-corrected chi connectivity index (χ0v) is 7.36. The lowest BCUT2D eigenvalue weighted by Gasteiger charge is -2.08. The molecule has 0 aliphatic carbocycles. The van der Waals surface area contributed by atoms with E-state index in [1.165, 1.54) is 0 Å². The highest BCUT2D eigenvalue weighted by Crippen LogP contribution is 2.02. The Morgan fingerprint density at radius 3 is 2.85 bits per heavy atom. The first-order chi connectivity index (χ1) is 7.00. The summed E-state index contributed by atoms with van der Waals surface area (Å²) >= 11 is 0. The number of hydrogen-bond donors (Lipinski definition) is 1. The Morgan fingerprint density at radius 1 is 1.69 bits per heavy atom. The quantitative estimate of drug-likeness (QED) is 0.699. The predicted molar refractivity (Wildman–Crippen MR) is 50.1 cm³/mol. The topological polar surface area (TPSA) is 52.3 Å². The Bertz CT molecular complexity index is 341. The van der Waals surface area contributed by atoms with Crippen molar-refractivity contribution in [2.24, 2.45) is 5.73 Å². The lowest BCUT2D eigenvalue weighted by atomic mass is 10.1. The smallest absolute Gasteiger partial charge is 0.322 e. The van der Waals surface area contributed by atoms with Gasteiger partial charge in [-0.1, -0.05) is 30.3 Å². The molecule has 3 nitrogen and oxygen atoms in total. The summed E-state index contributed by atoms with van der Waals surface area (Å²) in [6.07, 6.45) is -1.16. The van der Waals surface area contributed by atoms with Crippen LogP contribution in [0.3, 0.4) is 0 Å². The molecule has 2 N–H and O–H groups in total. The van der Waals surface area contributed by atoms with Gasteiger partial charge in [0.15, 0.2) is 0 Å². The number of hydrogen-bond acceptors (Lipinski definition) is 3. The zero-order valence-electron chi connectivity index (χ0n) is 9.36. The van der Waals surface area contributed by atoms with E-state index in [9.17, 15) is 4.79 Å². The number of rotatable bonds is 3. The Hall–Kier alpha value is -1.35. The summed E-state index contributed by atoms with van der Waals surface area (Å²) in [7, 11) is 1.15. The van der Waals surface area contributed by atoms with Crippen LogP contribution in [-0.4, -0.2) is 19.1 Å². The van der Waals surface area contributed by atoms with Gasteiger partial charge in [0.2, 0.25) is 0 Å². The van der Waals surface area contributed by atoms with Gasteiger partial charge in [0, 0.05) is 1.37 Å². The predicted octanol–water partition coefficient (Wildman–Crippen LogP) is 0.729. The average molecular weight is 181 g/mol. The van der Waals surface area contributed by atoms with Gasteiger partial charge in [-0.15, -0.1) is 0 Å². The summed E-state index contributed by atoms with van der Waals surface area (Å²) in [6, 6.07) is 6.47. The second kappa shape index (κ2) is 4.62. The molecular formula is C10H13NO2. The van der Waals surface area contributed by atoms with Crippen LogP contribution >= 0.6 is 0 Å². The van der Waals surface area contributed by atoms with E-state index in [2.05, 4.69) is 4.74 Å². The van der Waals surface area contributed by atoms with Gasteiger partial charge in [0.1, 0.15) is 6.02 Å². The number of methoxy groups -OCH3 is 1. The molecule has 1 rings (SSSR count). The third-order valence-electron chi connectivity index (χ3n) is 1.54. The maximum Gasteiger partial charge on any atom is 0.322 e. The largest absolute Gasteiger partial charge is 0.468 e. The number of esters is 1. The molecule has 0 aromatic heterocycles. The van der Waals surface area contributed by atoms with Crippen molar-refractivity contribution in [1.82, 2.24) is 0 Å². The Balaban J connectivity index is 2.94. The number of carbonyl (C=O) groups excluding carboxylic acids is 1. The molecule has 0 saturated heterocycles. The van der Waals surface area contributed by atoms with Crippen LogP contribution in [0.4, 0.5) is 0 Å². The normalized spacial score (nSPS) is 19.2. The number of carbonyl (C=O) groups is 1.